The first-order valence-corrected chi connectivity index (χ1v) is 13.1. The number of aryl methyl sites for hydroxylation is 1. The van der Waals surface area contributed by atoms with Gasteiger partial charge in [-0.25, -0.2) is 19.4 Å². The fourth-order valence-corrected chi connectivity index (χ4v) is 4.15. The Labute approximate surface area is 235 Å². The molecule has 2 aromatic heterocycles. The third kappa shape index (κ3) is 7.85. The zero-order valence-electron chi connectivity index (χ0n) is 22.7. The number of nitrogens with one attached hydrogen (secondary N) is 1. The first kappa shape index (κ1) is 29.1. The minimum Gasteiger partial charge on any atom is -0.481 e. The van der Waals surface area contributed by atoms with Gasteiger partial charge < -0.3 is 24.9 Å². The molecule has 2 amide bonds. The average molecular weight is 566 g/mol. The van der Waals surface area contributed by atoms with Crippen molar-refractivity contribution in [1.82, 2.24) is 35.0 Å². The van der Waals surface area contributed by atoms with Crippen LogP contribution in [0.3, 0.4) is 0 Å². The first-order chi connectivity index (χ1) is 19.7. The maximum Gasteiger partial charge on any atom is 0.527 e. The Balaban J connectivity index is 1.53. The van der Waals surface area contributed by atoms with Gasteiger partial charge in [0.05, 0.1) is 25.4 Å². The molecule has 1 fully saturated rings. The van der Waals surface area contributed by atoms with Crippen LogP contribution in [0, 0.1) is 6.92 Å². The number of carboxylic acid groups (broad SMARTS) is 1. The maximum absolute atomic E-state index is 13.5. The highest BCUT2D eigenvalue weighted by Gasteiger charge is 2.31. The Morgan fingerprint density at radius 3 is 2.41 bits per heavy atom. The van der Waals surface area contributed by atoms with E-state index in [1.165, 1.54) is 20.7 Å². The predicted molar refractivity (Wildman–Crippen MR) is 144 cm³/mol. The second-order valence-corrected chi connectivity index (χ2v) is 9.19. The molecular formula is C27H31N7O7. The van der Waals surface area contributed by atoms with Crippen LogP contribution in [0.15, 0.2) is 48.7 Å². The van der Waals surface area contributed by atoms with Gasteiger partial charge in [0, 0.05) is 37.3 Å². The highest BCUT2D eigenvalue weighted by molar-refractivity contribution is 5.97. The fraction of sp³-hybridized carbons (Fsp3) is 0.370. The van der Waals surface area contributed by atoms with Gasteiger partial charge in [-0.15, -0.1) is 5.06 Å². The summed E-state index contributed by atoms with van der Waals surface area (Å²) in [5.74, 6) is -1.58. The lowest BCUT2D eigenvalue weighted by Gasteiger charge is -2.35. The molecule has 1 aliphatic rings. The van der Waals surface area contributed by atoms with Crippen LogP contribution in [0.2, 0.25) is 0 Å². The van der Waals surface area contributed by atoms with Gasteiger partial charge in [-0.1, -0.05) is 30.3 Å². The summed E-state index contributed by atoms with van der Waals surface area (Å²) < 4.78 is 6.29. The number of rotatable bonds is 10. The Bertz CT molecular complexity index is 1390. The molecule has 0 aliphatic carbocycles. The zero-order valence-corrected chi connectivity index (χ0v) is 22.7. The number of aromatic nitrogens is 4. The van der Waals surface area contributed by atoms with Gasteiger partial charge in [0.1, 0.15) is 11.7 Å². The molecule has 14 heteroatoms. The third-order valence-corrected chi connectivity index (χ3v) is 6.20. The van der Waals surface area contributed by atoms with E-state index in [1.54, 1.807) is 31.3 Å². The highest BCUT2D eigenvalue weighted by atomic mass is 16.8. The number of carbonyl (C=O) groups is 4. The average Bonchev–Trinajstić information content (AvgIpc) is 3.41. The topological polar surface area (TPSA) is 169 Å². The van der Waals surface area contributed by atoms with E-state index < -0.39 is 30.0 Å². The number of hydroxylamine groups is 2. The molecule has 0 spiro atoms. The normalized spacial score (nSPS) is 14.2. The lowest BCUT2D eigenvalue weighted by Crippen LogP contribution is -2.55. The van der Waals surface area contributed by atoms with E-state index in [1.807, 2.05) is 25.1 Å². The van der Waals surface area contributed by atoms with Crippen molar-refractivity contribution in [3.63, 3.8) is 0 Å². The summed E-state index contributed by atoms with van der Waals surface area (Å²) in [5.41, 5.74) is 1.42. The van der Waals surface area contributed by atoms with Crippen LogP contribution in [0.4, 0.5) is 4.79 Å². The Kier molecular flexibility index (Phi) is 9.58. The van der Waals surface area contributed by atoms with Crippen molar-refractivity contribution < 1.29 is 33.9 Å². The van der Waals surface area contributed by atoms with Crippen LogP contribution < -0.4 is 5.32 Å². The number of carboxylic acids is 1. The van der Waals surface area contributed by atoms with Crippen molar-refractivity contribution in [2.24, 2.45) is 0 Å². The van der Waals surface area contributed by atoms with Crippen LogP contribution in [0.1, 0.15) is 35.9 Å². The summed E-state index contributed by atoms with van der Waals surface area (Å²) in [7, 11) is 0. The molecule has 1 atom stereocenters. The van der Waals surface area contributed by atoms with Gasteiger partial charge in [0.2, 0.25) is 5.91 Å². The predicted octanol–water partition coefficient (Wildman–Crippen LogP) is 1.83. The van der Waals surface area contributed by atoms with Gasteiger partial charge in [0.15, 0.2) is 11.6 Å². The Morgan fingerprint density at radius 2 is 1.78 bits per heavy atom. The fourth-order valence-electron chi connectivity index (χ4n) is 4.15. The molecule has 1 aliphatic heterocycles. The van der Waals surface area contributed by atoms with Gasteiger partial charge in [-0.2, -0.15) is 5.10 Å². The number of hydrogen-bond donors (Lipinski definition) is 2. The molecule has 14 nitrogen and oxygen atoms in total. The smallest absolute Gasteiger partial charge is 0.481 e. The van der Waals surface area contributed by atoms with Gasteiger partial charge in [0.25, 0.3) is 5.91 Å². The summed E-state index contributed by atoms with van der Waals surface area (Å²) in [6, 6.07) is 11.2. The van der Waals surface area contributed by atoms with Crippen molar-refractivity contribution in [2.45, 2.75) is 32.7 Å². The number of ether oxygens (including phenoxy) is 1. The SMILES string of the molecule is CCOC(=O)ON1CCN(C(=O)[C@H](CCC(=O)O)NC(=O)c2cc(-n3ccc(C)n3)nc(-c3ccccc3)n2)CC1. The first-order valence-electron chi connectivity index (χ1n) is 13.1. The van der Waals surface area contributed by atoms with E-state index in [9.17, 15) is 24.3 Å². The largest absolute Gasteiger partial charge is 0.527 e. The molecule has 1 saturated heterocycles. The van der Waals surface area contributed by atoms with E-state index in [0.29, 0.717) is 11.4 Å². The second kappa shape index (κ2) is 13.5. The van der Waals surface area contributed by atoms with Gasteiger partial charge >= 0.3 is 12.1 Å². The van der Waals surface area contributed by atoms with Crippen molar-refractivity contribution in [2.75, 3.05) is 32.8 Å². The third-order valence-electron chi connectivity index (χ3n) is 6.20. The summed E-state index contributed by atoms with van der Waals surface area (Å²) >= 11 is 0. The number of nitrogens with zero attached hydrogens (tertiary/aromatic N) is 6. The second-order valence-electron chi connectivity index (χ2n) is 9.19. The number of carbonyl (C=O) groups excluding carboxylic acids is 3. The lowest BCUT2D eigenvalue weighted by molar-refractivity contribution is -0.157. The molecule has 3 aromatic rings. The van der Waals surface area contributed by atoms with Crippen LogP contribution in [0.5, 0.6) is 0 Å². The van der Waals surface area contributed by atoms with Crippen molar-refractivity contribution >= 4 is 23.9 Å². The Morgan fingerprint density at radius 1 is 1.05 bits per heavy atom. The monoisotopic (exact) mass is 565 g/mol. The van der Waals surface area contributed by atoms with E-state index in [2.05, 4.69) is 20.4 Å². The molecule has 41 heavy (non-hydrogen) atoms. The number of amides is 2. The number of benzene rings is 1. The molecule has 1 aromatic carbocycles. The maximum atomic E-state index is 13.5. The molecule has 0 radical (unpaired) electrons. The molecule has 216 valence electrons. The molecule has 0 bridgehead atoms. The summed E-state index contributed by atoms with van der Waals surface area (Å²) in [5, 5.41) is 17.7. The van der Waals surface area contributed by atoms with Crippen molar-refractivity contribution in [3.05, 3.63) is 60.0 Å². The van der Waals surface area contributed by atoms with Crippen molar-refractivity contribution in [3.8, 4) is 17.2 Å². The standard InChI is InChI=1S/C27H31N7O7/c1-3-40-27(39)41-33-15-13-32(14-16-33)26(38)20(9-10-23(35)36)29-25(37)21-17-22(34-12-11-18(2)31-34)30-24(28-21)19-7-5-4-6-8-19/h4-8,11-12,17,20H,3,9-10,13-16H2,1-2H3,(H,29,37)(H,35,36)/t20-/m0/s1. The number of hydrogen-bond acceptors (Lipinski definition) is 10. The zero-order chi connectivity index (χ0) is 29.4. The van der Waals surface area contributed by atoms with E-state index >= 15 is 0 Å². The summed E-state index contributed by atoms with van der Waals surface area (Å²) in [4.78, 5) is 65.4. The Hall–Kier alpha value is -4.85. The molecule has 4 rings (SSSR count). The van der Waals surface area contributed by atoms with Crippen molar-refractivity contribution in [1.29, 1.82) is 0 Å². The summed E-state index contributed by atoms with van der Waals surface area (Å²) in [6.07, 6.45) is 0.419. The van der Waals surface area contributed by atoms with Crippen LogP contribution in [0.25, 0.3) is 17.2 Å². The van der Waals surface area contributed by atoms with Gasteiger partial charge in [-0.05, 0) is 26.3 Å². The lowest BCUT2D eigenvalue weighted by atomic mass is 10.1. The number of piperazine rings is 1. The highest BCUT2D eigenvalue weighted by Crippen LogP contribution is 2.18. The number of aliphatic carboxylic acids is 1. The van der Waals surface area contributed by atoms with E-state index in [0.717, 1.165) is 5.69 Å². The van der Waals surface area contributed by atoms with Crippen LogP contribution in [-0.4, -0.2) is 97.6 Å². The minimum atomic E-state index is -1.12. The summed E-state index contributed by atoms with van der Waals surface area (Å²) in [6.45, 7) is 4.51. The molecule has 0 saturated carbocycles. The molecular weight excluding hydrogens is 534 g/mol. The van der Waals surface area contributed by atoms with Gasteiger partial charge in [-0.3, -0.25) is 14.4 Å². The quantitative estimate of drug-likeness (QED) is 0.344. The van der Waals surface area contributed by atoms with Crippen LogP contribution >= 0.6 is 0 Å². The molecule has 2 N–H and O–H groups in total. The molecule has 0 unspecified atom stereocenters. The van der Waals surface area contributed by atoms with Crippen LogP contribution in [-0.2, 0) is 19.2 Å². The minimum absolute atomic E-state index is 0.0113. The molecule has 3 heterocycles. The van der Waals surface area contributed by atoms with E-state index in [-0.39, 0.29) is 57.1 Å². The van der Waals surface area contributed by atoms with E-state index in [4.69, 9.17) is 9.57 Å².